The highest BCUT2D eigenvalue weighted by atomic mass is 16.2. The third-order valence-electron chi connectivity index (χ3n) is 7.58. The zero-order valence-corrected chi connectivity index (χ0v) is 21.3. The van der Waals surface area contributed by atoms with Gasteiger partial charge in [0.25, 0.3) is 0 Å². The first kappa shape index (κ1) is 24.2. The van der Waals surface area contributed by atoms with Gasteiger partial charge in [0.1, 0.15) is 5.82 Å². The van der Waals surface area contributed by atoms with E-state index < -0.39 is 11.8 Å². The Morgan fingerprint density at radius 3 is 2.75 bits per heavy atom. The number of likely N-dealkylation sites (N-methyl/N-ethyl adjacent to an activating group) is 1. The van der Waals surface area contributed by atoms with Crippen molar-refractivity contribution >= 4 is 34.2 Å². The van der Waals surface area contributed by atoms with Crippen molar-refractivity contribution in [3.8, 4) is 0 Å². The average molecular weight is 490 g/mol. The number of nitrogens with two attached hydrogens (primary N) is 1. The molecule has 9 heteroatoms. The maximum Gasteiger partial charge on any atom is 0.313 e. The monoisotopic (exact) mass is 489 g/mol. The standard InChI is InChI=1S/C27H35N7O2/c1-4-18-12-21(13-29-25(18)28)30-26(35)27(36)33-14-17(2)5-8-24(33)19-6-7-23-20(11-19)15-34(31-23)22-9-10-32(3)16-22/h6-7,11-13,15,17,22,24H,4-5,8-10,14,16H2,1-3H3,(H2,28,29)(H,30,35). The van der Waals surface area contributed by atoms with E-state index in [1.54, 1.807) is 11.0 Å². The Kier molecular flexibility index (Phi) is 6.66. The molecule has 190 valence electrons. The van der Waals surface area contributed by atoms with Crippen molar-refractivity contribution in [1.82, 2.24) is 24.6 Å². The molecule has 2 fully saturated rings. The molecule has 3 atom stereocenters. The largest absolute Gasteiger partial charge is 0.383 e. The van der Waals surface area contributed by atoms with Crippen molar-refractivity contribution in [2.24, 2.45) is 5.92 Å². The number of nitrogens with one attached hydrogen (secondary N) is 1. The molecule has 3 unspecified atom stereocenters. The Morgan fingerprint density at radius 2 is 2.00 bits per heavy atom. The van der Waals surface area contributed by atoms with Gasteiger partial charge in [-0.15, -0.1) is 0 Å². The van der Waals surface area contributed by atoms with Crippen LogP contribution in [0.1, 0.15) is 56.3 Å². The second-order valence-corrected chi connectivity index (χ2v) is 10.4. The van der Waals surface area contributed by atoms with Gasteiger partial charge in [0.15, 0.2) is 0 Å². The third kappa shape index (κ3) is 4.80. The zero-order chi connectivity index (χ0) is 25.4. The van der Waals surface area contributed by atoms with E-state index >= 15 is 0 Å². The molecule has 2 amide bonds. The Morgan fingerprint density at radius 1 is 1.17 bits per heavy atom. The second kappa shape index (κ2) is 9.89. The summed E-state index contributed by atoms with van der Waals surface area (Å²) in [5.74, 6) is -0.410. The summed E-state index contributed by atoms with van der Waals surface area (Å²) in [6.45, 7) is 6.72. The van der Waals surface area contributed by atoms with E-state index in [4.69, 9.17) is 10.8 Å². The van der Waals surface area contributed by atoms with Crippen LogP contribution in [-0.2, 0) is 16.0 Å². The molecule has 3 aromatic rings. The van der Waals surface area contributed by atoms with Crippen molar-refractivity contribution in [1.29, 1.82) is 0 Å². The maximum atomic E-state index is 13.4. The lowest BCUT2D eigenvalue weighted by Crippen LogP contribution is -2.46. The molecule has 0 radical (unpaired) electrons. The number of rotatable bonds is 4. The normalized spacial score (nSPS) is 22.8. The van der Waals surface area contributed by atoms with Crippen molar-refractivity contribution in [2.45, 2.75) is 51.6 Å². The first-order valence-corrected chi connectivity index (χ1v) is 12.9. The quantitative estimate of drug-likeness (QED) is 0.544. The van der Waals surface area contributed by atoms with E-state index in [1.807, 2.05) is 13.0 Å². The second-order valence-electron chi connectivity index (χ2n) is 10.4. The molecule has 1 aromatic carbocycles. The highest BCUT2D eigenvalue weighted by molar-refractivity contribution is 6.39. The minimum absolute atomic E-state index is 0.152. The first-order valence-electron chi connectivity index (χ1n) is 12.9. The summed E-state index contributed by atoms with van der Waals surface area (Å²) < 4.78 is 2.09. The fourth-order valence-corrected chi connectivity index (χ4v) is 5.50. The topological polar surface area (TPSA) is 109 Å². The van der Waals surface area contributed by atoms with Crippen LogP contribution in [0.15, 0.2) is 36.7 Å². The van der Waals surface area contributed by atoms with E-state index in [-0.39, 0.29) is 6.04 Å². The number of benzene rings is 1. The van der Waals surface area contributed by atoms with Crippen molar-refractivity contribution in [2.75, 3.05) is 37.7 Å². The number of piperidine rings is 1. The number of hydrogen-bond acceptors (Lipinski definition) is 6. The number of hydrogen-bond donors (Lipinski definition) is 2. The molecule has 5 rings (SSSR count). The maximum absolute atomic E-state index is 13.4. The van der Waals surface area contributed by atoms with Gasteiger partial charge in [-0.1, -0.05) is 19.9 Å². The lowest BCUT2D eigenvalue weighted by atomic mass is 9.89. The summed E-state index contributed by atoms with van der Waals surface area (Å²) in [4.78, 5) is 34.6. The van der Waals surface area contributed by atoms with Crippen LogP contribution in [0.5, 0.6) is 0 Å². The number of amides is 2. The summed E-state index contributed by atoms with van der Waals surface area (Å²) in [6, 6.07) is 8.23. The number of aromatic nitrogens is 3. The highest BCUT2D eigenvalue weighted by Crippen LogP contribution is 2.35. The molecule has 0 aliphatic carbocycles. The summed E-state index contributed by atoms with van der Waals surface area (Å²) in [5.41, 5.74) is 9.19. The van der Waals surface area contributed by atoms with E-state index in [2.05, 4.69) is 52.2 Å². The van der Waals surface area contributed by atoms with Crippen LogP contribution < -0.4 is 11.1 Å². The summed E-state index contributed by atoms with van der Waals surface area (Å²) in [6.07, 6.45) is 7.22. The Bertz CT molecular complexity index is 1290. The fourth-order valence-electron chi connectivity index (χ4n) is 5.50. The number of likely N-dealkylation sites (tertiary alicyclic amines) is 2. The fraction of sp³-hybridized carbons (Fsp3) is 0.481. The molecular formula is C27H35N7O2. The molecule has 2 aliphatic heterocycles. The van der Waals surface area contributed by atoms with E-state index in [0.717, 1.165) is 54.4 Å². The molecule has 0 spiro atoms. The molecular weight excluding hydrogens is 454 g/mol. The number of nitrogens with zero attached hydrogens (tertiary/aromatic N) is 5. The Hall–Kier alpha value is -3.46. The number of anilines is 2. The smallest absolute Gasteiger partial charge is 0.313 e. The number of carbonyl (C=O) groups is 2. The van der Waals surface area contributed by atoms with Gasteiger partial charge in [-0.05, 0) is 74.5 Å². The number of fused-ring (bicyclic) bond motifs is 1. The molecule has 2 aliphatic rings. The van der Waals surface area contributed by atoms with Gasteiger partial charge in [0.05, 0.1) is 29.5 Å². The minimum Gasteiger partial charge on any atom is -0.383 e. The number of nitrogen functional groups attached to an aromatic ring is 1. The van der Waals surface area contributed by atoms with Gasteiger partial charge < -0.3 is 20.9 Å². The number of aryl methyl sites for hydroxylation is 1. The molecule has 0 bridgehead atoms. The van der Waals surface area contributed by atoms with Crippen LogP contribution in [0.2, 0.25) is 0 Å². The van der Waals surface area contributed by atoms with Crippen LogP contribution in [0.25, 0.3) is 10.9 Å². The van der Waals surface area contributed by atoms with Gasteiger partial charge >= 0.3 is 11.8 Å². The van der Waals surface area contributed by atoms with Crippen molar-refractivity contribution in [3.63, 3.8) is 0 Å². The van der Waals surface area contributed by atoms with Crippen LogP contribution in [0.3, 0.4) is 0 Å². The molecule has 2 saturated heterocycles. The van der Waals surface area contributed by atoms with Gasteiger partial charge in [-0.3, -0.25) is 14.3 Å². The zero-order valence-electron chi connectivity index (χ0n) is 21.3. The summed E-state index contributed by atoms with van der Waals surface area (Å²) >= 11 is 0. The number of pyridine rings is 1. The van der Waals surface area contributed by atoms with Crippen molar-refractivity contribution < 1.29 is 9.59 Å². The molecule has 0 saturated carbocycles. The highest BCUT2D eigenvalue weighted by Gasteiger charge is 2.34. The third-order valence-corrected chi connectivity index (χ3v) is 7.58. The summed E-state index contributed by atoms with van der Waals surface area (Å²) in [5, 5.41) is 8.60. The molecule has 4 heterocycles. The van der Waals surface area contributed by atoms with E-state index in [0.29, 0.717) is 36.4 Å². The van der Waals surface area contributed by atoms with Crippen LogP contribution in [0.4, 0.5) is 11.5 Å². The first-order chi connectivity index (χ1) is 17.3. The molecule has 2 aromatic heterocycles. The van der Waals surface area contributed by atoms with Crippen LogP contribution >= 0.6 is 0 Å². The van der Waals surface area contributed by atoms with E-state index in [1.165, 1.54) is 6.20 Å². The molecule has 36 heavy (non-hydrogen) atoms. The predicted molar refractivity (Wildman–Crippen MR) is 140 cm³/mol. The lowest BCUT2D eigenvalue weighted by molar-refractivity contribution is -0.146. The Balaban J connectivity index is 1.37. The molecule has 3 N–H and O–H groups in total. The van der Waals surface area contributed by atoms with Gasteiger partial charge in [0.2, 0.25) is 0 Å². The molecule has 9 nitrogen and oxygen atoms in total. The SMILES string of the molecule is CCc1cc(NC(=O)C(=O)N2CC(C)CCC2c2ccc3nn(C4CCN(C)C4)cc3c2)cnc1N. The van der Waals surface area contributed by atoms with Crippen molar-refractivity contribution in [3.05, 3.63) is 47.8 Å². The van der Waals surface area contributed by atoms with E-state index in [9.17, 15) is 9.59 Å². The van der Waals surface area contributed by atoms with Crippen LogP contribution in [-0.4, -0.2) is 63.1 Å². The minimum atomic E-state index is -0.651. The number of carbonyl (C=O) groups excluding carboxylic acids is 2. The summed E-state index contributed by atoms with van der Waals surface area (Å²) in [7, 11) is 2.14. The van der Waals surface area contributed by atoms with Gasteiger partial charge in [-0.25, -0.2) is 4.98 Å². The van der Waals surface area contributed by atoms with Crippen LogP contribution in [0, 0.1) is 5.92 Å². The Labute approximate surface area is 211 Å². The lowest BCUT2D eigenvalue weighted by Gasteiger charge is -2.38. The predicted octanol–water partition coefficient (Wildman–Crippen LogP) is 3.39. The van der Waals surface area contributed by atoms with Gasteiger partial charge in [-0.2, -0.15) is 5.10 Å². The average Bonchev–Trinajstić information content (AvgIpc) is 3.50. The van der Waals surface area contributed by atoms with Gasteiger partial charge in [0, 0.05) is 24.7 Å².